The van der Waals surface area contributed by atoms with Crippen LogP contribution in [-0.4, -0.2) is 18.4 Å². The molecule has 0 aliphatic carbocycles. The molecule has 7 heteroatoms. The predicted molar refractivity (Wildman–Crippen MR) is 69.1 cm³/mol. The van der Waals surface area contributed by atoms with Gasteiger partial charge < -0.3 is 4.42 Å². The van der Waals surface area contributed by atoms with E-state index in [2.05, 4.69) is 14.7 Å². The molecule has 3 rings (SSSR count). The highest BCUT2D eigenvalue weighted by Crippen LogP contribution is 2.19. The van der Waals surface area contributed by atoms with Crippen LogP contribution in [0.4, 0.5) is 5.82 Å². The molecule has 3 aromatic rings. The van der Waals surface area contributed by atoms with Crippen LogP contribution in [0.1, 0.15) is 0 Å². The van der Waals surface area contributed by atoms with Crippen molar-refractivity contribution < 1.29 is 12.8 Å². The molecule has 19 heavy (non-hydrogen) atoms. The highest BCUT2D eigenvalue weighted by Gasteiger charge is 2.16. The minimum Gasteiger partial charge on any atom is -0.443 e. The van der Waals surface area contributed by atoms with Gasteiger partial charge in [-0.2, -0.15) is 0 Å². The Morgan fingerprint density at radius 2 is 2.00 bits per heavy atom. The van der Waals surface area contributed by atoms with Crippen LogP contribution >= 0.6 is 0 Å². The fourth-order valence-electron chi connectivity index (χ4n) is 1.62. The van der Waals surface area contributed by atoms with E-state index in [1.807, 2.05) is 0 Å². The number of nitrogens with zero attached hydrogens (tertiary/aromatic N) is 2. The van der Waals surface area contributed by atoms with Crippen molar-refractivity contribution in [3.63, 3.8) is 0 Å². The number of sulfonamides is 1. The van der Waals surface area contributed by atoms with Gasteiger partial charge >= 0.3 is 0 Å². The molecule has 0 saturated carbocycles. The van der Waals surface area contributed by atoms with Crippen molar-refractivity contribution in [1.82, 2.24) is 9.97 Å². The van der Waals surface area contributed by atoms with Gasteiger partial charge in [-0.1, -0.05) is 6.07 Å². The third-order valence-corrected chi connectivity index (χ3v) is 3.87. The summed E-state index contributed by atoms with van der Waals surface area (Å²) in [7, 11) is -3.68. The number of nitrogens with one attached hydrogen (secondary N) is 1. The first-order valence-electron chi connectivity index (χ1n) is 5.42. The van der Waals surface area contributed by atoms with Gasteiger partial charge in [0.05, 0.1) is 4.90 Å². The second-order valence-corrected chi connectivity index (χ2v) is 5.48. The summed E-state index contributed by atoms with van der Waals surface area (Å²) in [6.45, 7) is 0. The van der Waals surface area contributed by atoms with E-state index in [4.69, 9.17) is 4.42 Å². The molecule has 96 valence electrons. The average molecular weight is 275 g/mol. The largest absolute Gasteiger partial charge is 0.443 e. The Hall–Kier alpha value is -2.41. The maximum atomic E-state index is 12.2. The van der Waals surface area contributed by atoms with Crippen molar-refractivity contribution in [2.75, 3.05) is 4.72 Å². The number of anilines is 1. The zero-order valence-corrected chi connectivity index (χ0v) is 10.5. The lowest BCUT2D eigenvalue weighted by Gasteiger charge is -2.06. The third kappa shape index (κ3) is 2.27. The van der Waals surface area contributed by atoms with Crippen molar-refractivity contribution in [1.29, 1.82) is 0 Å². The van der Waals surface area contributed by atoms with Gasteiger partial charge in [-0.05, 0) is 24.3 Å². The molecule has 1 aromatic carbocycles. The number of fused-ring (bicyclic) bond motifs is 1. The predicted octanol–water partition coefficient (Wildman–Crippen LogP) is 2.02. The van der Waals surface area contributed by atoms with Crippen molar-refractivity contribution in [3.05, 3.63) is 49.0 Å². The Bertz CT molecular complexity index is 812. The molecule has 0 unspecified atom stereocenters. The summed E-state index contributed by atoms with van der Waals surface area (Å²) >= 11 is 0. The first kappa shape index (κ1) is 11.7. The van der Waals surface area contributed by atoms with Crippen LogP contribution in [-0.2, 0) is 10.0 Å². The van der Waals surface area contributed by atoms with E-state index < -0.39 is 10.0 Å². The number of hydrogen-bond donors (Lipinski definition) is 1. The second-order valence-electron chi connectivity index (χ2n) is 3.80. The molecule has 0 fully saturated rings. The number of aromatic nitrogens is 2. The Labute approximate surface area is 109 Å². The second kappa shape index (κ2) is 4.36. The van der Waals surface area contributed by atoms with Gasteiger partial charge in [-0.3, -0.25) is 4.72 Å². The summed E-state index contributed by atoms with van der Waals surface area (Å²) < 4.78 is 31.8. The first-order valence-corrected chi connectivity index (χ1v) is 6.90. The molecule has 2 aromatic heterocycles. The van der Waals surface area contributed by atoms with Crippen molar-refractivity contribution in [2.24, 2.45) is 0 Å². The summed E-state index contributed by atoms with van der Waals surface area (Å²) in [5.74, 6) is 0.264. The van der Waals surface area contributed by atoms with Gasteiger partial charge in [0.2, 0.25) is 0 Å². The topological polar surface area (TPSA) is 85.1 Å². The Morgan fingerprint density at radius 3 is 2.79 bits per heavy atom. The van der Waals surface area contributed by atoms with Crippen LogP contribution in [0.5, 0.6) is 0 Å². The summed E-state index contributed by atoms with van der Waals surface area (Å²) in [6, 6.07) is 9.46. The molecule has 2 heterocycles. The molecule has 6 nitrogen and oxygen atoms in total. The van der Waals surface area contributed by atoms with Crippen molar-refractivity contribution in [2.45, 2.75) is 4.90 Å². The van der Waals surface area contributed by atoms with Crippen LogP contribution in [0.15, 0.2) is 58.3 Å². The van der Waals surface area contributed by atoms with E-state index >= 15 is 0 Å². The van der Waals surface area contributed by atoms with Gasteiger partial charge in [0.15, 0.2) is 12.0 Å². The van der Waals surface area contributed by atoms with Crippen LogP contribution in [0.3, 0.4) is 0 Å². The van der Waals surface area contributed by atoms with Gasteiger partial charge in [-0.25, -0.2) is 18.4 Å². The molecule has 0 atom stereocenters. The van der Waals surface area contributed by atoms with Crippen molar-refractivity contribution >= 4 is 26.9 Å². The van der Waals surface area contributed by atoms with Crippen LogP contribution in [0.25, 0.3) is 11.1 Å². The normalized spacial score (nSPS) is 11.6. The maximum Gasteiger partial charge on any atom is 0.263 e. The first-order chi connectivity index (χ1) is 9.15. The van der Waals surface area contributed by atoms with Crippen LogP contribution in [0.2, 0.25) is 0 Å². The lowest BCUT2D eigenvalue weighted by atomic mass is 10.3. The molecule has 0 aliphatic rings. The standard InChI is InChI=1S/C12H9N3O3S/c16-19(17,15-12-3-1-2-6-13-12)9-4-5-10-11(7-9)18-8-14-10/h1-8H,(H,13,15). The maximum absolute atomic E-state index is 12.2. The molecule has 0 amide bonds. The van der Waals surface area contributed by atoms with E-state index in [9.17, 15) is 8.42 Å². The SMILES string of the molecule is O=S(=O)(Nc1ccccn1)c1ccc2ncoc2c1. The van der Waals surface area contributed by atoms with Gasteiger partial charge in [0.1, 0.15) is 11.3 Å². The molecule has 0 bridgehead atoms. The minimum absolute atomic E-state index is 0.0994. The average Bonchev–Trinajstić information content (AvgIpc) is 2.86. The van der Waals surface area contributed by atoms with E-state index in [0.29, 0.717) is 11.1 Å². The van der Waals surface area contributed by atoms with E-state index in [-0.39, 0.29) is 10.7 Å². The molecule has 0 aliphatic heterocycles. The smallest absolute Gasteiger partial charge is 0.263 e. The highest BCUT2D eigenvalue weighted by molar-refractivity contribution is 7.92. The molecule has 0 radical (unpaired) electrons. The van der Waals surface area contributed by atoms with E-state index in [0.717, 1.165) is 0 Å². The summed E-state index contributed by atoms with van der Waals surface area (Å²) in [6.07, 6.45) is 2.78. The Kier molecular flexibility index (Phi) is 2.68. The molecule has 0 spiro atoms. The molecular formula is C12H9N3O3S. The number of rotatable bonds is 3. The Morgan fingerprint density at radius 1 is 1.11 bits per heavy atom. The lowest BCUT2D eigenvalue weighted by Crippen LogP contribution is -2.13. The van der Waals surface area contributed by atoms with Gasteiger partial charge in [0.25, 0.3) is 10.0 Å². The van der Waals surface area contributed by atoms with Crippen LogP contribution < -0.4 is 4.72 Å². The zero-order valence-electron chi connectivity index (χ0n) is 9.65. The number of oxazole rings is 1. The fourth-order valence-corrected chi connectivity index (χ4v) is 2.65. The van der Waals surface area contributed by atoms with Gasteiger partial charge in [-0.15, -0.1) is 0 Å². The minimum atomic E-state index is -3.68. The monoisotopic (exact) mass is 275 g/mol. The quantitative estimate of drug-likeness (QED) is 0.790. The number of benzene rings is 1. The number of pyridine rings is 1. The molecule has 1 N–H and O–H groups in total. The van der Waals surface area contributed by atoms with Gasteiger partial charge in [0, 0.05) is 12.3 Å². The van der Waals surface area contributed by atoms with Crippen molar-refractivity contribution in [3.8, 4) is 0 Å². The lowest BCUT2D eigenvalue weighted by molar-refractivity contribution is 0.594. The van der Waals surface area contributed by atoms with Crippen LogP contribution in [0, 0.1) is 0 Å². The van der Waals surface area contributed by atoms with E-state index in [1.165, 1.54) is 24.7 Å². The molecular weight excluding hydrogens is 266 g/mol. The van der Waals surface area contributed by atoms with E-state index in [1.54, 1.807) is 24.3 Å². The zero-order chi connectivity index (χ0) is 13.3. The molecule has 0 saturated heterocycles. The summed E-state index contributed by atoms with van der Waals surface area (Å²) in [4.78, 5) is 7.95. The Balaban J connectivity index is 1.99. The summed E-state index contributed by atoms with van der Waals surface area (Å²) in [5, 5.41) is 0. The summed E-state index contributed by atoms with van der Waals surface area (Å²) in [5.41, 5.74) is 1.03. The third-order valence-electron chi connectivity index (χ3n) is 2.52. The fraction of sp³-hybridized carbons (Fsp3) is 0. The highest BCUT2D eigenvalue weighted by atomic mass is 32.2. The number of hydrogen-bond acceptors (Lipinski definition) is 5.